The summed E-state index contributed by atoms with van der Waals surface area (Å²) < 4.78 is 68.3. The van der Waals surface area contributed by atoms with Crippen LogP contribution in [0.3, 0.4) is 0 Å². The van der Waals surface area contributed by atoms with Crippen LogP contribution in [-0.2, 0) is 65.4 Å². The third-order valence-corrected chi connectivity index (χ3v) is 19.6. The van der Waals surface area contributed by atoms with Gasteiger partial charge in [-0.15, -0.1) is 0 Å². The first-order valence-corrected chi connectivity index (χ1v) is 42.5. The van der Waals surface area contributed by atoms with Crippen molar-refractivity contribution in [2.24, 2.45) is 11.8 Å². The van der Waals surface area contributed by atoms with Crippen molar-refractivity contribution in [2.75, 3.05) is 39.6 Å². The van der Waals surface area contributed by atoms with Gasteiger partial charge in [0.05, 0.1) is 26.4 Å². The summed E-state index contributed by atoms with van der Waals surface area (Å²) in [5.74, 6) is -0.562. The second-order valence-corrected chi connectivity index (χ2v) is 31.3. The molecular formula is C76H148O17P2. The van der Waals surface area contributed by atoms with Crippen LogP contribution in [0.5, 0.6) is 0 Å². The number of hydrogen-bond acceptors (Lipinski definition) is 15. The van der Waals surface area contributed by atoms with Crippen LogP contribution < -0.4 is 0 Å². The zero-order valence-electron chi connectivity index (χ0n) is 62.0. The number of phosphoric acid groups is 2. The minimum Gasteiger partial charge on any atom is -0.462 e. The maximum absolute atomic E-state index is 13.1. The number of carbonyl (C=O) groups is 4. The lowest BCUT2D eigenvalue weighted by Gasteiger charge is -2.21. The van der Waals surface area contributed by atoms with E-state index in [1.54, 1.807) is 0 Å². The zero-order chi connectivity index (χ0) is 70.0. The van der Waals surface area contributed by atoms with E-state index in [2.05, 4.69) is 41.5 Å². The van der Waals surface area contributed by atoms with Gasteiger partial charge in [-0.1, -0.05) is 343 Å². The van der Waals surface area contributed by atoms with Crippen molar-refractivity contribution in [2.45, 2.75) is 413 Å². The third-order valence-electron chi connectivity index (χ3n) is 17.7. The predicted molar refractivity (Wildman–Crippen MR) is 386 cm³/mol. The summed E-state index contributed by atoms with van der Waals surface area (Å²) in [4.78, 5) is 72.5. The van der Waals surface area contributed by atoms with Crippen molar-refractivity contribution >= 4 is 39.5 Å². The number of hydrogen-bond donors (Lipinski definition) is 3. The van der Waals surface area contributed by atoms with E-state index >= 15 is 0 Å². The topological polar surface area (TPSA) is 237 Å². The molecule has 0 fully saturated rings. The van der Waals surface area contributed by atoms with Crippen molar-refractivity contribution < 1.29 is 80.2 Å². The van der Waals surface area contributed by atoms with Crippen molar-refractivity contribution in [3.63, 3.8) is 0 Å². The molecule has 0 saturated carbocycles. The van der Waals surface area contributed by atoms with E-state index in [4.69, 9.17) is 37.0 Å². The maximum Gasteiger partial charge on any atom is 0.472 e. The summed E-state index contributed by atoms with van der Waals surface area (Å²) in [5.41, 5.74) is 0. The van der Waals surface area contributed by atoms with E-state index in [1.807, 2.05) is 0 Å². The minimum absolute atomic E-state index is 0.106. The molecule has 2 unspecified atom stereocenters. The van der Waals surface area contributed by atoms with Crippen LogP contribution in [0.2, 0.25) is 0 Å². The minimum atomic E-state index is -4.96. The average Bonchev–Trinajstić information content (AvgIpc) is 1.56. The molecule has 0 aliphatic rings. The highest BCUT2D eigenvalue weighted by Crippen LogP contribution is 2.45. The predicted octanol–water partition coefficient (Wildman–Crippen LogP) is 22.3. The lowest BCUT2D eigenvalue weighted by molar-refractivity contribution is -0.161. The van der Waals surface area contributed by atoms with E-state index in [1.165, 1.54) is 205 Å². The molecule has 0 bridgehead atoms. The molecular weight excluding hydrogens is 1250 g/mol. The van der Waals surface area contributed by atoms with Gasteiger partial charge in [-0.3, -0.25) is 37.3 Å². The van der Waals surface area contributed by atoms with E-state index < -0.39 is 97.5 Å². The van der Waals surface area contributed by atoms with Gasteiger partial charge in [0.1, 0.15) is 19.3 Å². The molecule has 0 heterocycles. The fraction of sp³-hybridized carbons (Fsp3) is 0.947. The summed E-state index contributed by atoms with van der Waals surface area (Å²) in [6.45, 7) is 9.53. The van der Waals surface area contributed by atoms with Gasteiger partial charge < -0.3 is 33.8 Å². The number of esters is 4. The molecule has 0 spiro atoms. The molecule has 0 aromatic carbocycles. The van der Waals surface area contributed by atoms with Gasteiger partial charge in [-0.2, -0.15) is 0 Å². The Labute approximate surface area is 581 Å². The molecule has 0 saturated heterocycles. The third kappa shape index (κ3) is 70.3. The molecule has 0 rings (SSSR count). The molecule has 0 aliphatic carbocycles. The molecule has 0 radical (unpaired) electrons. The Hall–Kier alpha value is -1.94. The first kappa shape index (κ1) is 93.1. The molecule has 5 atom stereocenters. The molecule has 564 valence electrons. The normalized spacial score (nSPS) is 14.0. The molecule has 0 aromatic heterocycles. The first-order chi connectivity index (χ1) is 45.9. The molecule has 17 nitrogen and oxygen atoms in total. The van der Waals surface area contributed by atoms with Crippen molar-refractivity contribution in [1.82, 2.24) is 0 Å². The number of carbonyl (C=O) groups excluding carboxylic acids is 4. The maximum atomic E-state index is 13.1. The van der Waals surface area contributed by atoms with Gasteiger partial charge in [0.25, 0.3) is 0 Å². The molecule has 3 N–H and O–H groups in total. The highest BCUT2D eigenvalue weighted by Gasteiger charge is 2.30. The van der Waals surface area contributed by atoms with Crippen LogP contribution in [0.15, 0.2) is 0 Å². The SMILES string of the molecule is CCCCCCCCCCCCCCCCCCCCCC(=O)O[C@H](COC(=O)CCCCCCCCCCCCCCCCC(C)C)COP(=O)(O)OC[C@@H](O)COP(=O)(O)OC[C@@H](COC(=O)CCCCCCC)OC(=O)CCCCCCCCCCCCCC(C)C. The number of aliphatic hydroxyl groups excluding tert-OH is 1. The second-order valence-electron chi connectivity index (χ2n) is 28.3. The van der Waals surface area contributed by atoms with E-state index in [9.17, 15) is 43.2 Å². The fourth-order valence-corrected chi connectivity index (χ4v) is 13.2. The van der Waals surface area contributed by atoms with Crippen molar-refractivity contribution in [1.29, 1.82) is 0 Å². The quantitative estimate of drug-likeness (QED) is 0.0222. The summed E-state index contributed by atoms with van der Waals surface area (Å²) in [5, 5.41) is 10.6. The summed E-state index contributed by atoms with van der Waals surface area (Å²) in [6.07, 6.45) is 55.9. The fourth-order valence-electron chi connectivity index (χ4n) is 11.7. The van der Waals surface area contributed by atoms with Crippen LogP contribution in [-0.4, -0.2) is 96.7 Å². The number of phosphoric ester groups is 2. The van der Waals surface area contributed by atoms with Crippen molar-refractivity contribution in [3.05, 3.63) is 0 Å². The average molecular weight is 1400 g/mol. The van der Waals surface area contributed by atoms with Gasteiger partial charge in [-0.25, -0.2) is 9.13 Å². The first-order valence-electron chi connectivity index (χ1n) is 39.5. The van der Waals surface area contributed by atoms with Gasteiger partial charge in [0.2, 0.25) is 0 Å². The van der Waals surface area contributed by atoms with E-state index in [-0.39, 0.29) is 25.7 Å². The van der Waals surface area contributed by atoms with Crippen molar-refractivity contribution in [3.8, 4) is 0 Å². The number of ether oxygens (including phenoxy) is 4. The Balaban J connectivity index is 5.14. The molecule has 0 aromatic rings. The second kappa shape index (κ2) is 67.9. The number of rotatable bonds is 75. The smallest absolute Gasteiger partial charge is 0.462 e. The van der Waals surface area contributed by atoms with E-state index in [0.29, 0.717) is 25.7 Å². The number of aliphatic hydroxyl groups is 1. The van der Waals surface area contributed by atoms with Crippen LogP contribution in [0, 0.1) is 11.8 Å². The molecule has 0 amide bonds. The van der Waals surface area contributed by atoms with Gasteiger partial charge in [-0.05, 0) is 37.5 Å². The largest absolute Gasteiger partial charge is 0.472 e. The standard InChI is InChI=1S/C76H148O17P2/c1-7-9-11-13-14-15-16-17-18-19-20-21-22-27-32-37-42-48-54-60-76(81)93-72(65-87-74(79)59-53-47-41-36-31-26-24-23-25-29-34-39-45-50-56-68(3)4)67-91-95(84,85)89-63-70(77)62-88-94(82,83)90-66-71(64-86-73(78)58-52-44-12-10-8-2)92-75(80)61-55-49-43-38-33-28-30-35-40-46-51-57-69(5)6/h68-72,77H,7-67H2,1-6H3,(H,82,83)(H,84,85)/t70-,71+,72+/m0/s1. The Morgan fingerprint density at radius 2 is 0.484 bits per heavy atom. The van der Waals surface area contributed by atoms with Crippen LogP contribution in [0.1, 0.15) is 395 Å². The summed E-state index contributed by atoms with van der Waals surface area (Å²) >= 11 is 0. The summed E-state index contributed by atoms with van der Waals surface area (Å²) in [7, 11) is -9.90. The molecule has 95 heavy (non-hydrogen) atoms. The molecule has 19 heteroatoms. The van der Waals surface area contributed by atoms with Gasteiger partial charge in [0.15, 0.2) is 12.2 Å². The highest BCUT2D eigenvalue weighted by molar-refractivity contribution is 7.47. The van der Waals surface area contributed by atoms with E-state index in [0.717, 1.165) is 108 Å². The van der Waals surface area contributed by atoms with Gasteiger partial charge in [0, 0.05) is 25.7 Å². The highest BCUT2D eigenvalue weighted by atomic mass is 31.2. The van der Waals surface area contributed by atoms with Crippen LogP contribution in [0.25, 0.3) is 0 Å². The Morgan fingerprint density at radius 3 is 0.716 bits per heavy atom. The molecule has 0 aliphatic heterocycles. The summed E-state index contributed by atoms with van der Waals surface area (Å²) in [6, 6.07) is 0. The Bertz CT molecular complexity index is 1840. The van der Waals surface area contributed by atoms with Gasteiger partial charge >= 0.3 is 39.5 Å². The number of unbranched alkanes of at least 4 members (excludes halogenated alkanes) is 45. The van der Waals surface area contributed by atoms with Crippen LogP contribution >= 0.6 is 15.6 Å². The lowest BCUT2D eigenvalue weighted by Crippen LogP contribution is -2.30. The van der Waals surface area contributed by atoms with Crippen LogP contribution in [0.4, 0.5) is 0 Å². The Morgan fingerprint density at radius 1 is 0.284 bits per heavy atom. The lowest BCUT2D eigenvalue weighted by atomic mass is 10.0. The Kier molecular flexibility index (Phi) is 66.5. The monoisotopic (exact) mass is 1400 g/mol. The zero-order valence-corrected chi connectivity index (χ0v) is 63.8.